The lowest BCUT2D eigenvalue weighted by molar-refractivity contribution is 0.396. The summed E-state index contributed by atoms with van der Waals surface area (Å²) in [6, 6.07) is 0.465. The maximum Gasteiger partial charge on any atom is 0.203 e. The van der Waals surface area contributed by atoms with Crippen molar-refractivity contribution in [2.24, 2.45) is 0 Å². The molecule has 0 saturated heterocycles. The van der Waals surface area contributed by atoms with Crippen molar-refractivity contribution in [2.75, 3.05) is 32.5 Å². The Hall–Kier alpha value is -1.03. The van der Waals surface area contributed by atoms with E-state index >= 15 is 0 Å². The third-order valence-corrected chi connectivity index (χ3v) is 2.54. The van der Waals surface area contributed by atoms with Gasteiger partial charge in [-0.1, -0.05) is 0 Å². The molecule has 92 valence electrons. The summed E-state index contributed by atoms with van der Waals surface area (Å²) in [5, 5.41) is 3.38. The van der Waals surface area contributed by atoms with E-state index in [4.69, 9.17) is 0 Å². The second-order valence-electron chi connectivity index (χ2n) is 4.69. The predicted molar refractivity (Wildman–Crippen MR) is 68.9 cm³/mol. The van der Waals surface area contributed by atoms with Crippen LogP contribution in [0, 0.1) is 0 Å². The molecule has 0 aliphatic carbocycles. The highest BCUT2D eigenvalue weighted by Crippen LogP contribution is 2.12. The fraction of sp³-hybridized carbons (Fsp3) is 0.750. The minimum absolute atomic E-state index is 0.465. The van der Waals surface area contributed by atoms with Crippen LogP contribution >= 0.6 is 0 Å². The Bertz CT molecular complexity index is 291. The lowest BCUT2D eigenvalue weighted by atomic mass is 10.3. The van der Waals surface area contributed by atoms with Gasteiger partial charge in [-0.2, -0.15) is 0 Å². The summed E-state index contributed by atoms with van der Waals surface area (Å²) in [6.07, 6.45) is 6.28. The number of nitrogens with zero attached hydrogens (tertiary/aromatic N) is 3. The monoisotopic (exact) mass is 224 g/mol. The molecule has 4 heteroatoms. The molecule has 0 radical (unpaired) electrons. The van der Waals surface area contributed by atoms with Crippen LogP contribution in [0.4, 0.5) is 5.95 Å². The minimum Gasteiger partial charge on any atom is -0.356 e. The van der Waals surface area contributed by atoms with E-state index < -0.39 is 0 Å². The Kier molecular flexibility index (Phi) is 5.32. The Labute approximate surface area is 98.7 Å². The molecular formula is C12H24N4. The minimum atomic E-state index is 0.465. The van der Waals surface area contributed by atoms with Crippen molar-refractivity contribution >= 4 is 5.95 Å². The fourth-order valence-electron chi connectivity index (χ4n) is 1.62. The molecule has 0 spiro atoms. The molecule has 0 aliphatic rings. The van der Waals surface area contributed by atoms with Gasteiger partial charge in [0, 0.05) is 25.0 Å². The van der Waals surface area contributed by atoms with Gasteiger partial charge in [-0.25, -0.2) is 4.98 Å². The number of unbranched alkanes of at least 4 members (excludes halogenated alkanes) is 1. The van der Waals surface area contributed by atoms with E-state index in [-0.39, 0.29) is 0 Å². The predicted octanol–water partition coefficient (Wildman–Crippen LogP) is 2.22. The largest absolute Gasteiger partial charge is 0.356 e. The van der Waals surface area contributed by atoms with E-state index in [2.05, 4.69) is 47.7 Å². The average molecular weight is 224 g/mol. The summed E-state index contributed by atoms with van der Waals surface area (Å²) in [5.41, 5.74) is 0. The molecule has 0 amide bonds. The molecule has 1 heterocycles. The highest BCUT2D eigenvalue weighted by Gasteiger charge is 2.04. The molecule has 0 bridgehead atoms. The van der Waals surface area contributed by atoms with Crippen molar-refractivity contribution in [2.45, 2.75) is 32.7 Å². The number of hydrogen-bond donors (Lipinski definition) is 1. The molecule has 1 rings (SSSR count). The van der Waals surface area contributed by atoms with Crippen molar-refractivity contribution in [3.63, 3.8) is 0 Å². The molecule has 0 fully saturated rings. The van der Waals surface area contributed by atoms with Gasteiger partial charge in [-0.05, 0) is 47.3 Å². The fourth-order valence-corrected chi connectivity index (χ4v) is 1.62. The van der Waals surface area contributed by atoms with Gasteiger partial charge >= 0.3 is 0 Å². The second kappa shape index (κ2) is 6.53. The van der Waals surface area contributed by atoms with Crippen LogP contribution in [0.1, 0.15) is 32.7 Å². The zero-order valence-corrected chi connectivity index (χ0v) is 10.9. The molecule has 0 aromatic carbocycles. The van der Waals surface area contributed by atoms with E-state index in [0.29, 0.717) is 6.04 Å². The van der Waals surface area contributed by atoms with Crippen LogP contribution in [0.3, 0.4) is 0 Å². The first-order chi connectivity index (χ1) is 7.61. The smallest absolute Gasteiger partial charge is 0.203 e. The quantitative estimate of drug-likeness (QED) is 0.721. The highest BCUT2D eigenvalue weighted by molar-refractivity contribution is 5.26. The summed E-state index contributed by atoms with van der Waals surface area (Å²) >= 11 is 0. The lowest BCUT2D eigenvalue weighted by Crippen LogP contribution is -2.15. The molecule has 4 nitrogen and oxygen atoms in total. The van der Waals surface area contributed by atoms with Gasteiger partial charge in [-0.15, -0.1) is 0 Å². The first-order valence-electron chi connectivity index (χ1n) is 6.02. The van der Waals surface area contributed by atoms with E-state index in [0.717, 1.165) is 19.0 Å². The van der Waals surface area contributed by atoms with Crippen molar-refractivity contribution in [1.29, 1.82) is 0 Å². The molecule has 0 saturated carbocycles. The Morgan fingerprint density at radius 2 is 2.12 bits per heavy atom. The van der Waals surface area contributed by atoms with Crippen LogP contribution in [0.15, 0.2) is 12.4 Å². The number of anilines is 1. The first kappa shape index (κ1) is 13.0. The van der Waals surface area contributed by atoms with E-state index in [1.807, 2.05) is 12.4 Å². The molecule has 0 unspecified atom stereocenters. The van der Waals surface area contributed by atoms with Crippen molar-refractivity contribution in [3.05, 3.63) is 12.4 Å². The first-order valence-corrected chi connectivity index (χ1v) is 6.02. The summed E-state index contributed by atoms with van der Waals surface area (Å²) < 4.78 is 2.16. The third-order valence-electron chi connectivity index (χ3n) is 2.54. The molecule has 0 aliphatic heterocycles. The average Bonchev–Trinajstić information content (AvgIpc) is 2.65. The van der Waals surface area contributed by atoms with Gasteiger partial charge in [-0.3, -0.25) is 0 Å². The van der Waals surface area contributed by atoms with Crippen molar-refractivity contribution in [1.82, 2.24) is 14.5 Å². The summed E-state index contributed by atoms with van der Waals surface area (Å²) in [5.74, 6) is 0.986. The van der Waals surface area contributed by atoms with Crippen LogP contribution < -0.4 is 5.32 Å². The molecule has 1 aromatic rings. The third kappa shape index (κ3) is 4.23. The highest BCUT2D eigenvalue weighted by atomic mass is 15.2. The van der Waals surface area contributed by atoms with Gasteiger partial charge in [0.1, 0.15) is 0 Å². The van der Waals surface area contributed by atoms with Crippen LogP contribution in [-0.4, -0.2) is 41.6 Å². The SMILES string of the molecule is CC(C)n1ccnc1NCCCCN(C)C. The summed E-state index contributed by atoms with van der Waals surface area (Å²) in [7, 11) is 4.22. The number of imidazole rings is 1. The van der Waals surface area contributed by atoms with Crippen molar-refractivity contribution in [3.8, 4) is 0 Å². The summed E-state index contributed by atoms with van der Waals surface area (Å²) in [4.78, 5) is 6.53. The molecule has 1 aromatic heterocycles. The van der Waals surface area contributed by atoms with Crippen LogP contribution in [0.25, 0.3) is 0 Å². The molecule has 1 N–H and O–H groups in total. The second-order valence-corrected chi connectivity index (χ2v) is 4.69. The maximum atomic E-state index is 4.31. The number of aromatic nitrogens is 2. The standard InChI is InChI=1S/C12H24N4/c1-11(2)16-10-8-14-12(16)13-7-5-6-9-15(3)4/h8,10-11H,5-7,9H2,1-4H3,(H,13,14). The van der Waals surface area contributed by atoms with E-state index in [1.54, 1.807) is 0 Å². The van der Waals surface area contributed by atoms with Gasteiger partial charge < -0.3 is 14.8 Å². The zero-order chi connectivity index (χ0) is 12.0. The lowest BCUT2D eigenvalue weighted by Gasteiger charge is -2.13. The van der Waals surface area contributed by atoms with E-state index in [1.165, 1.54) is 12.8 Å². The molecular weight excluding hydrogens is 200 g/mol. The normalized spacial score (nSPS) is 11.4. The van der Waals surface area contributed by atoms with Gasteiger partial charge in [0.2, 0.25) is 5.95 Å². The topological polar surface area (TPSA) is 33.1 Å². The van der Waals surface area contributed by atoms with Gasteiger partial charge in [0.05, 0.1) is 0 Å². The van der Waals surface area contributed by atoms with E-state index in [9.17, 15) is 0 Å². The Morgan fingerprint density at radius 3 is 2.75 bits per heavy atom. The number of hydrogen-bond acceptors (Lipinski definition) is 3. The maximum absolute atomic E-state index is 4.31. The summed E-state index contributed by atoms with van der Waals surface area (Å²) in [6.45, 7) is 6.48. The Morgan fingerprint density at radius 1 is 1.38 bits per heavy atom. The van der Waals surface area contributed by atoms with Crippen LogP contribution in [0.2, 0.25) is 0 Å². The number of rotatable bonds is 7. The van der Waals surface area contributed by atoms with Crippen LogP contribution in [-0.2, 0) is 0 Å². The Balaban J connectivity index is 2.24. The van der Waals surface area contributed by atoms with Gasteiger partial charge in [0.15, 0.2) is 0 Å². The number of nitrogens with one attached hydrogen (secondary N) is 1. The molecule has 16 heavy (non-hydrogen) atoms. The molecule has 0 atom stereocenters. The zero-order valence-electron chi connectivity index (χ0n) is 10.9. The van der Waals surface area contributed by atoms with Crippen LogP contribution in [0.5, 0.6) is 0 Å². The van der Waals surface area contributed by atoms with Gasteiger partial charge in [0.25, 0.3) is 0 Å². The van der Waals surface area contributed by atoms with Crippen molar-refractivity contribution < 1.29 is 0 Å².